The van der Waals surface area contributed by atoms with Gasteiger partial charge in [-0.3, -0.25) is 4.79 Å². The van der Waals surface area contributed by atoms with Crippen molar-refractivity contribution in [3.63, 3.8) is 0 Å². The number of nitrogens with two attached hydrogens (primary N) is 1. The van der Waals surface area contributed by atoms with Gasteiger partial charge in [0.15, 0.2) is 0 Å². The number of aromatic nitrogens is 3. The number of ether oxygens (including phenoxy) is 1. The summed E-state index contributed by atoms with van der Waals surface area (Å²) in [6.07, 6.45) is -3.13. The molecule has 0 amide bonds. The Bertz CT molecular complexity index is 1920. The van der Waals surface area contributed by atoms with Crippen LogP contribution in [0.3, 0.4) is 0 Å². The van der Waals surface area contributed by atoms with Gasteiger partial charge in [0.25, 0.3) is 5.56 Å². The molecule has 2 heterocycles. The molecule has 0 aliphatic rings. The lowest BCUT2D eigenvalue weighted by atomic mass is 10.1. The summed E-state index contributed by atoms with van der Waals surface area (Å²) in [6.45, 7) is 2.00. The van der Waals surface area contributed by atoms with Crippen molar-refractivity contribution in [1.82, 2.24) is 14.1 Å². The Morgan fingerprint density at radius 1 is 1.05 bits per heavy atom. The molecule has 0 atom stereocenters. The summed E-state index contributed by atoms with van der Waals surface area (Å²) in [7, 11) is 0. The smallest absolute Gasteiger partial charge is 0.475 e. The lowest BCUT2D eigenvalue weighted by Gasteiger charge is -2.13. The van der Waals surface area contributed by atoms with Gasteiger partial charge in [-0.1, -0.05) is 53.5 Å². The van der Waals surface area contributed by atoms with Crippen LogP contribution in [0.15, 0.2) is 71.7 Å². The summed E-state index contributed by atoms with van der Waals surface area (Å²) >= 11 is 12.6. The molecule has 0 aliphatic heterocycles. The Labute approximate surface area is 258 Å². The number of benzene rings is 3. The molecule has 0 saturated carbocycles. The number of halogens is 5. The molecule has 3 aromatic carbocycles. The molecule has 0 aliphatic carbocycles. The van der Waals surface area contributed by atoms with Crippen molar-refractivity contribution >= 4 is 51.1 Å². The number of carbonyl (C=O) groups is 1. The third-order valence-corrected chi connectivity index (χ3v) is 7.15. The highest BCUT2D eigenvalue weighted by Gasteiger charge is 2.38. The second-order valence-corrected chi connectivity index (χ2v) is 10.2. The zero-order chi connectivity index (χ0) is 32.0. The second-order valence-electron chi connectivity index (χ2n) is 9.37. The van der Waals surface area contributed by atoms with E-state index < -0.39 is 12.1 Å². The van der Waals surface area contributed by atoms with Gasteiger partial charge in [-0.05, 0) is 35.9 Å². The van der Waals surface area contributed by atoms with Crippen molar-refractivity contribution in [2.24, 2.45) is 5.73 Å². The maximum absolute atomic E-state index is 13.8. The third kappa shape index (κ3) is 7.38. The number of rotatable bonds is 8. The van der Waals surface area contributed by atoms with Crippen molar-refractivity contribution in [3.05, 3.63) is 98.4 Å². The molecular formula is C30H24Cl2F3N5O4. The fourth-order valence-corrected chi connectivity index (χ4v) is 4.74. The van der Waals surface area contributed by atoms with Crippen molar-refractivity contribution < 1.29 is 27.8 Å². The van der Waals surface area contributed by atoms with Crippen molar-refractivity contribution in [1.29, 1.82) is 5.26 Å². The maximum Gasteiger partial charge on any atom is 0.490 e. The topological polar surface area (TPSA) is 136 Å². The molecule has 44 heavy (non-hydrogen) atoms. The van der Waals surface area contributed by atoms with Gasteiger partial charge >= 0.3 is 12.1 Å². The quantitative estimate of drug-likeness (QED) is 0.202. The highest BCUT2D eigenvalue weighted by molar-refractivity contribution is 6.42. The van der Waals surface area contributed by atoms with Crippen LogP contribution in [0.2, 0.25) is 10.0 Å². The average molecular weight is 646 g/mol. The minimum atomic E-state index is -5.08. The minimum absolute atomic E-state index is 0.247. The van der Waals surface area contributed by atoms with E-state index in [0.717, 1.165) is 22.0 Å². The van der Waals surface area contributed by atoms with Gasteiger partial charge in [-0.25, -0.2) is 9.78 Å². The van der Waals surface area contributed by atoms with Gasteiger partial charge in [0.1, 0.15) is 5.69 Å². The van der Waals surface area contributed by atoms with E-state index in [4.69, 9.17) is 53.8 Å². The predicted molar refractivity (Wildman–Crippen MR) is 161 cm³/mol. The fraction of sp³-hybridized carbons (Fsp3) is 0.200. The van der Waals surface area contributed by atoms with Crippen LogP contribution in [0.5, 0.6) is 0 Å². The first-order valence-electron chi connectivity index (χ1n) is 13.0. The van der Waals surface area contributed by atoms with E-state index in [2.05, 4.69) is 10.6 Å². The molecule has 14 heteroatoms. The van der Waals surface area contributed by atoms with Gasteiger partial charge in [-0.15, -0.1) is 0 Å². The normalized spacial score (nSPS) is 11.3. The highest BCUT2D eigenvalue weighted by atomic mass is 35.5. The van der Waals surface area contributed by atoms with E-state index in [1.165, 1.54) is 0 Å². The summed E-state index contributed by atoms with van der Waals surface area (Å²) in [5.41, 5.74) is 10.1. The molecule has 0 unspecified atom stereocenters. The molecule has 5 aromatic rings. The number of carboxylic acids is 1. The Balaban J connectivity index is 0.000000566. The zero-order valence-corrected chi connectivity index (χ0v) is 24.3. The number of alkyl halides is 3. The number of carboxylic acid groups (broad SMARTS) is 1. The lowest BCUT2D eigenvalue weighted by Crippen LogP contribution is -2.26. The van der Waals surface area contributed by atoms with Crippen LogP contribution in [0.4, 0.5) is 13.2 Å². The van der Waals surface area contributed by atoms with E-state index >= 15 is 0 Å². The van der Waals surface area contributed by atoms with Crippen LogP contribution in [0.1, 0.15) is 11.1 Å². The lowest BCUT2D eigenvalue weighted by molar-refractivity contribution is -0.192. The average Bonchev–Trinajstić information content (AvgIpc) is 3.35. The number of fused-ring (bicyclic) bond motifs is 2. The standard InChI is InChI=1S/C28H23Cl2N5O2.C2HF3O2/c29-22-13-24-26(14-23(22)30)35(10-12-37-11-9-31)28(36)27(33-24)21-17-34(25-4-2-1-3-20(21)25)16-19-7-5-18(15-32)6-8-19;3-2(4,5)1(6)7/h1-8,13-14,17H,9-12,16,31H2;(H,6,7). The molecule has 0 saturated heterocycles. The number of hydrogen-bond acceptors (Lipinski definition) is 6. The van der Waals surface area contributed by atoms with Crippen LogP contribution in [-0.2, 0) is 22.6 Å². The second kappa shape index (κ2) is 13.9. The van der Waals surface area contributed by atoms with E-state index in [1.54, 1.807) is 28.8 Å². The van der Waals surface area contributed by atoms with E-state index in [0.29, 0.717) is 65.2 Å². The zero-order valence-electron chi connectivity index (χ0n) is 22.8. The van der Waals surface area contributed by atoms with Crippen LogP contribution in [0.25, 0.3) is 33.2 Å². The first-order chi connectivity index (χ1) is 20.9. The Morgan fingerprint density at radius 3 is 2.34 bits per heavy atom. The molecule has 2 aromatic heterocycles. The van der Waals surface area contributed by atoms with Crippen molar-refractivity contribution in [2.75, 3.05) is 19.8 Å². The summed E-state index contributed by atoms with van der Waals surface area (Å²) in [5, 5.41) is 17.8. The van der Waals surface area contributed by atoms with Gasteiger partial charge in [0.2, 0.25) is 0 Å². The van der Waals surface area contributed by atoms with Gasteiger partial charge < -0.3 is 24.7 Å². The molecule has 9 nitrogen and oxygen atoms in total. The summed E-state index contributed by atoms with van der Waals surface area (Å²) in [5.74, 6) is -2.76. The van der Waals surface area contributed by atoms with E-state index in [-0.39, 0.29) is 5.56 Å². The molecule has 228 valence electrons. The van der Waals surface area contributed by atoms with Crippen molar-refractivity contribution in [2.45, 2.75) is 19.3 Å². The van der Waals surface area contributed by atoms with Gasteiger partial charge in [-0.2, -0.15) is 18.4 Å². The van der Waals surface area contributed by atoms with Gasteiger partial charge in [0, 0.05) is 42.3 Å². The number of nitrogens with zero attached hydrogens (tertiary/aromatic N) is 4. The van der Waals surface area contributed by atoms with Crippen LogP contribution < -0.4 is 11.3 Å². The minimum Gasteiger partial charge on any atom is -0.475 e. The molecular weight excluding hydrogens is 622 g/mol. The molecule has 0 bridgehead atoms. The van der Waals surface area contributed by atoms with Crippen LogP contribution >= 0.6 is 23.2 Å². The largest absolute Gasteiger partial charge is 0.490 e. The Morgan fingerprint density at radius 2 is 1.70 bits per heavy atom. The predicted octanol–water partition coefficient (Wildman–Crippen LogP) is 5.85. The summed E-state index contributed by atoms with van der Waals surface area (Å²) < 4.78 is 41.0. The molecule has 5 rings (SSSR count). The fourth-order valence-electron chi connectivity index (χ4n) is 4.42. The Hall–Kier alpha value is -4.41. The van der Waals surface area contributed by atoms with E-state index in [1.807, 2.05) is 42.6 Å². The number of hydrogen-bond donors (Lipinski definition) is 2. The number of nitriles is 1. The van der Waals surface area contributed by atoms with Crippen molar-refractivity contribution in [3.8, 4) is 17.3 Å². The SMILES string of the molecule is N#Cc1ccc(Cn2cc(-c3nc4cc(Cl)c(Cl)cc4n(CCOCCN)c3=O)c3ccccc32)cc1.O=C(O)C(F)(F)F. The molecule has 3 N–H and O–H groups in total. The highest BCUT2D eigenvalue weighted by Crippen LogP contribution is 2.31. The molecule has 0 radical (unpaired) electrons. The van der Waals surface area contributed by atoms with Crippen LogP contribution in [-0.4, -0.2) is 51.1 Å². The number of para-hydroxylation sites is 1. The molecule has 0 spiro atoms. The summed E-state index contributed by atoms with van der Waals surface area (Å²) in [6, 6.07) is 20.8. The summed E-state index contributed by atoms with van der Waals surface area (Å²) in [4.78, 5) is 27.5. The first kappa shape index (κ1) is 32.5. The maximum atomic E-state index is 13.8. The van der Waals surface area contributed by atoms with E-state index in [9.17, 15) is 18.0 Å². The number of aliphatic carboxylic acids is 1. The monoisotopic (exact) mass is 645 g/mol. The first-order valence-corrected chi connectivity index (χ1v) is 13.7. The molecule has 0 fully saturated rings. The third-order valence-electron chi connectivity index (χ3n) is 6.43. The van der Waals surface area contributed by atoms with Gasteiger partial charge in [0.05, 0.1) is 45.9 Å². The van der Waals surface area contributed by atoms with Crippen LogP contribution in [0, 0.1) is 11.3 Å². The Kier molecular flexibility index (Phi) is 10.3.